The molecule has 0 radical (unpaired) electrons. The molecule has 0 aliphatic rings. The van der Waals surface area contributed by atoms with Gasteiger partial charge in [0.15, 0.2) is 0 Å². The smallest absolute Gasteiger partial charge is 0.134 e. The van der Waals surface area contributed by atoms with Gasteiger partial charge in [-0.25, -0.2) is 4.39 Å². The summed E-state index contributed by atoms with van der Waals surface area (Å²) in [4.78, 5) is 1.99. The zero-order valence-electron chi connectivity index (χ0n) is 11.0. The molecule has 0 saturated heterocycles. The van der Waals surface area contributed by atoms with Crippen molar-refractivity contribution in [1.82, 2.24) is 4.90 Å². The van der Waals surface area contributed by atoms with Gasteiger partial charge in [0.05, 0.1) is 18.7 Å². The Bertz CT molecular complexity index is 648. The summed E-state index contributed by atoms with van der Waals surface area (Å²) >= 11 is 0. The van der Waals surface area contributed by atoms with Gasteiger partial charge in [0.25, 0.3) is 0 Å². The summed E-state index contributed by atoms with van der Waals surface area (Å²) < 4.78 is 18.8. The van der Waals surface area contributed by atoms with E-state index in [-0.39, 0.29) is 5.82 Å². The van der Waals surface area contributed by atoms with Gasteiger partial charge in [-0.15, -0.1) is 0 Å². The fourth-order valence-corrected chi connectivity index (χ4v) is 2.05. The van der Waals surface area contributed by atoms with Crippen LogP contribution in [-0.4, -0.2) is 18.0 Å². The van der Waals surface area contributed by atoms with Gasteiger partial charge >= 0.3 is 0 Å². The van der Waals surface area contributed by atoms with Gasteiger partial charge in [-0.3, -0.25) is 4.90 Å². The molecule has 0 atom stereocenters. The fourth-order valence-electron chi connectivity index (χ4n) is 2.05. The lowest BCUT2D eigenvalue weighted by atomic mass is 10.2. The average molecular weight is 271 g/mol. The summed E-state index contributed by atoms with van der Waals surface area (Å²) in [7, 11) is 0. The molecule has 0 saturated carbocycles. The average Bonchev–Trinajstić information content (AvgIpc) is 2.83. The van der Waals surface area contributed by atoms with E-state index in [0.29, 0.717) is 43.8 Å². The van der Waals surface area contributed by atoms with Crippen LogP contribution in [0.1, 0.15) is 18.6 Å². The molecule has 0 unspecified atom stereocenters. The topological polar surface area (TPSA) is 64.0 Å². The summed E-state index contributed by atoms with van der Waals surface area (Å²) in [5, 5.41) is 18.0. The molecule has 102 valence electrons. The van der Waals surface area contributed by atoms with Crippen molar-refractivity contribution in [2.45, 2.75) is 19.4 Å². The van der Waals surface area contributed by atoms with E-state index in [0.717, 1.165) is 5.39 Å². The highest BCUT2D eigenvalue weighted by atomic mass is 19.1. The van der Waals surface area contributed by atoms with Crippen molar-refractivity contribution in [2.24, 2.45) is 0 Å². The van der Waals surface area contributed by atoms with Crippen LogP contribution in [0.15, 0.2) is 28.7 Å². The molecule has 1 aromatic carbocycles. The lowest BCUT2D eigenvalue weighted by Crippen LogP contribution is -2.25. The molecule has 2 rings (SSSR count). The molecule has 0 bridgehead atoms. The third-order valence-electron chi connectivity index (χ3n) is 2.99. The Morgan fingerprint density at radius 2 is 1.80 bits per heavy atom. The van der Waals surface area contributed by atoms with Crippen molar-refractivity contribution >= 4 is 11.0 Å². The van der Waals surface area contributed by atoms with Crippen LogP contribution in [0.2, 0.25) is 0 Å². The standard InChI is InChI=1S/C15H14FN3O/c16-13-3-4-15-12(9-13)10-14(20-15)11-19(7-1-5-17)8-2-6-18/h3-4,9-10H,1-2,7-8,11H2. The number of furan rings is 1. The second-order valence-electron chi connectivity index (χ2n) is 4.49. The Morgan fingerprint density at radius 1 is 1.10 bits per heavy atom. The Kier molecular flexibility index (Phi) is 4.70. The number of hydrogen-bond acceptors (Lipinski definition) is 4. The Hall–Kier alpha value is -2.37. The van der Waals surface area contributed by atoms with Crippen LogP contribution < -0.4 is 0 Å². The summed E-state index contributed by atoms with van der Waals surface area (Å²) in [6.45, 7) is 1.69. The van der Waals surface area contributed by atoms with Crippen LogP contribution in [0.5, 0.6) is 0 Å². The van der Waals surface area contributed by atoms with Crippen molar-refractivity contribution < 1.29 is 8.81 Å². The first-order valence-corrected chi connectivity index (χ1v) is 6.37. The SMILES string of the molecule is N#CCCN(CCC#N)Cc1cc2cc(F)ccc2o1. The molecular formula is C15H14FN3O. The Morgan fingerprint density at radius 3 is 2.45 bits per heavy atom. The predicted molar refractivity (Wildman–Crippen MR) is 71.9 cm³/mol. The third-order valence-corrected chi connectivity index (χ3v) is 2.99. The molecule has 0 N–H and O–H groups in total. The van der Waals surface area contributed by atoms with Gasteiger partial charge in [-0.1, -0.05) is 0 Å². The minimum atomic E-state index is -0.296. The summed E-state index contributed by atoms with van der Waals surface area (Å²) in [5.41, 5.74) is 0.641. The number of nitriles is 2. The number of fused-ring (bicyclic) bond motifs is 1. The molecule has 5 heteroatoms. The van der Waals surface area contributed by atoms with Crippen molar-refractivity contribution in [1.29, 1.82) is 10.5 Å². The van der Waals surface area contributed by atoms with Crippen LogP contribution in [0.3, 0.4) is 0 Å². The van der Waals surface area contributed by atoms with Crippen molar-refractivity contribution in [3.63, 3.8) is 0 Å². The van der Waals surface area contributed by atoms with E-state index in [9.17, 15) is 4.39 Å². The van der Waals surface area contributed by atoms with E-state index in [4.69, 9.17) is 14.9 Å². The van der Waals surface area contributed by atoms with Crippen LogP contribution >= 0.6 is 0 Å². The summed E-state index contributed by atoms with van der Waals surface area (Å²) in [6, 6.07) is 10.4. The second kappa shape index (κ2) is 6.70. The lowest BCUT2D eigenvalue weighted by molar-refractivity contribution is 0.257. The Balaban J connectivity index is 2.11. The van der Waals surface area contributed by atoms with Gasteiger partial charge in [0.2, 0.25) is 0 Å². The molecule has 1 heterocycles. The van der Waals surface area contributed by atoms with Crippen LogP contribution in [-0.2, 0) is 6.54 Å². The molecule has 2 aromatic rings. The van der Waals surface area contributed by atoms with E-state index >= 15 is 0 Å². The largest absolute Gasteiger partial charge is 0.460 e. The first kappa shape index (κ1) is 14.0. The van der Waals surface area contributed by atoms with E-state index in [1.807, 2.05) is 4.90 Å². The monoisotopic (exact) mass is 271 g/mol. The molecule has 0 aliphatic carbocycles. The molecule has 20 heavy (non-hydrogen) atoms. The number of nitrogens with zero attached hydrogens (tertiary/aromatic N) is 3. The molecule has 0 fully saturated rings. The molecule has 1 aromatic heterocycles. The van der Waals surface area contributed by atoms with Crippen molar-refractivity contribution in [2.75, 3.05) is 13.1 Å². The molecule has 0 amide bonds. The first-order chi connectivity index (χ1) is 9.72. The number of halogens is 1. The number of hydrogen-bond donors (Lipinski definition) is 0. The van der Waals surface area contributed by atoms with E-state index in [1.165, 1.54) is 12.1 Å². The van der Waals surface area contributed by atoms with E-state index in [2.05, 4.69) is 12.1 Å². The molecule has 0 aliphatic heterocycles. The lowest BCUT2D eigenvalue weighted by Gasteiger charge is -2.17. The number of rotatable bonds is 6. The van der Waals surface area contributed by atoms with Crippen LogP contribution in [0.25, 0.3) is 11.0 Å². The maximum absolute atomic E-state index is 13.1. The van der Waals surface area contributed by atoms with Crippen molar-refractivity contribution in [3.8, 4) is 12.1 Å². The van der Waals surface area contributed by atoms with Gasteiger partial charge in [-0.05, 0) is 24.3 Å². The van der Waals surface area contributed by atoms with Crippen LogP contribution in [0, 0.1) is 28.5 Å². The van der Waals surface area contributed by atoms with E-state index in [1.54, 1.807) is 12.1 Å². The maximum Gasteiger partial charge on any atom is 0.134 e. The number of benzene rings is 1. The molecule has 0 spiro atoms. The van der Waals surface area contributed by atoms with Gasteiger partial charge in [-0.2, -0.15) is 10.5 Å². The maximum atomic E-state index is 13.1. The quantitative estimate of drug-likeness (QED) is 0.809. The predicted octanol–water partition coefficient (Wildman–Crippen LogP) is 3.20. The van der Waals surface area contributed by atoms with Gasteiger partial charge < -0.3 is 4.42 Å². The normalized spacial score (nSPS) is 10.6. The first-order valence-electron chi connectivity index (χ1n) is 6.37. The zero-order chi connectivity index (χ0) is 14.4. The summed E-state index contributed by atoms with van der Waals surface area (Å²) in [6.07, 6.45) is 0.806. The highest BCUT2D eigenvalue weighted by Crippen LogP contribution is 2.21. The van der Waals surface area contributed by atoms with Gasteiger partial charge in [0, 0.05) is 31.3 Å². The second-order valence-corrected chi connectivity index (χ2v) is 4.49. The van der Waals surface area contributed by atoms with Gasteiger partial charge in [0.1, 0.15) is 17.2 Å². The fraction of sp³-hybridized carbons (Fsp3) is 0.333. The highest BCUT2D eigenvalue weighted by molar-refractivity contribution is 5.77. The molecular weight excluding hydrogens is 257 g/mol. The minimum absolute atomic E-state index is 0.296. The van der Waals surface area contributed by atoms with Crippen LogP contribution in [0.4, 0.5) is 4.39 Å². The highest BCUT2D eigenvalue weighted by Gasteiger charge is 2.10. The minimum Gasteiger partial charge on any atom is -0.460 e. The van der Waals surface area contributed by atoms with E-state index < -0.39 is 0 Å². The Labute approximate surface area is 116 Å². The third kappa shape index (κ3) is 3.57. The zero-order valence-corrected chi connectivity index (χ0v) is 11.0. The van der Waals surface area contributed by atoms with Crippen molar-refractivity contribution in [3.05, 3.63) is 35.8 Å². The molecule has 4 nitrogen and oxygen atoms in total. The summed E-state index contributed by atoms with van der Waals surface area (Å²) in [5.74, 6) is 0.414.